The molecule has 0 aliphatic rings. The highest BCUT2D eigenvalue weighted by Crippen LogP contribution is 2.26. The number of nitrogen functional groups attached to an aromatic ring is 1. The Morgan fingerprint density at radius 3 is 2.20 bits per heavy atom. The Balaban J connectivity index is 3.17. The first-order chi connectivity index (χ1) is 9.04. The smallest absolute Gasteiger partial charge is 0.241 e. The fourth-order valence-corrected chi connectivity index (χ4v) is 1.65. The zero-order chi connectivity index (χ0) is 15.7. The average molecular weight is 279 g/mol. The minimum Gasteiger partial charge on any atom is -0.383 e. The van der Waals surface area contributed by atoms with Gasteiger partial charge in [-0.2, -0.15) is 0 Å². The van der Waals surface area contributed by atoms with Gasteiger partial charge in [0.1, 0.15) is 17.5 Å². The number of rotatable bonds is 3. The highest BCUT2D eigenvalue weighted by atomic mass is 16.2. The summed E-state index contributed by atoms with van der Waals surface area (Å²) in [5, 5.41) is 0. The van der Waals surface area contributed by atoms with Crippen molar-refractivity contribution in [2.75, 3.05) is 38.3 Å². The number of anilines is 2. The number of aromatic nitrogens is 2. The third-order valence-corrected chi connectivity index (χ3v) is 3.06. The topological polar surface area (TPSA) is 75.3 Å². The van der Waals surface area contributed by atoms with Crippen LogP contribution in [0.5, 0.6) is 0 Å². The second-order valence-electron chi connectivity index (χ2n) is 6.28. The molecule has 112 valence electrons. The van der Waals surface area contributed by atoms with Crippen molar-refractivity contribution in [3.63, 3.8) is 0 Å². The van der Waals surface area contributed by atoms with Gasteiger partial charge in [-0.05, 0) is 6.92 Å². The summed E-state index contributed by atoms with van der Waals surface area (Å²) < 4.78 is 0. The number of nitrogens with two attached hydrogens (primary N) is 1. The second-order valence-corrected chi connectivity index (χ2v) is 6.28. The molecule has 0 fully saturated rings. The zero-order valence-corrected chi connectivity index (χ0v) is 13.5. The second kappa shape index (κ2) is 5.64. The predicted octanol–water partition coefficient (Wildman–Crippen LogP) is 1.19. The van der Waals surface area contributed by atoms with Crippen LogP contribution >= 0.6 is 0 Å². The van der Waals surface area contributed by atoms with Crippen molar-refractivity contribution in [1.82, 2.24) is 14.9 Å². The fourth-order valence-electron chi connectivity index (χ4n) is 1.65. The van der Waals surface area contributed by atoms with Gasteiger partial charge in [0.2, 0.25) is 5.91 Å². The number of likely N-dealkylation sites (N-methyl/N-ethyl adjacent to an activating group) is 2. The summed E-state index contributed by atoms with van der Waals surface area (Å²) in [4.78, 5) is 24.1. The molecule has 0 bridgehead atoms. The van der Waals surface area contributed by atoms with Crippen LogP contribution in [0.25, 0.3) is 0 Å². The summed E-state index contributed by atoms with van der Waals surface area (Å²) in [5.74, 6) is 1.86. The fraction of sp³-hybridized carbons (Fsp3) is 0.643. The van der Waals surface area contributed by atoms with Crippen molar-refractivity contribution in [1.29, 1.82) is 0 Å². The van der Waals surface area contributed by atoms with Crippen molar-refractivity contribution < 1.29 is 4.79 Å². The maximum atomic E-state index is 11.8. The molecule has 1 aromatic heterocycles. The third-order valence-electron chi connectivity index (χ3n) is 3.06. The van der Waals surface area contributed by atoms with E-state index in [2.05, 4.69) is 9.97 Å². The van der Waals surface area contributed by atoms with Crippen LogP contribution in [0.15, 0.2) is 0 Å². The van der Waals surface area contributed by atoms with Crippen molar-refractivity contribution >= 4 is 17.5 Å². The number of nitrogens with zero attached hydrogens (tertiary/aromatic N) is 4. The lowest BCUT2D eigenvalue weighted by Crippen LogP contribution is -2.35. The van der Waals surface area contributed by atoms with E-state index in [1.54, 1.807) is 19.0 Å². The van der Waals surface area contributed by atoms with E-state index in [9.17, 15) is 4.79 Å². The monoisotopic (exact) mass is 279 g/mol. The summed E-state index contributed by atoms with van der Waals surface area (Å²) in [6, 6.07) is 0. The molecule has 6 heteroatoms. The van der Waals surface area contributed by atoms with Gasteiger partial charge in [0.25, 0.3) is 0 Å². The lowest BCUT2D eigenvalue weighted by atomic mass is 9.95. The van der Waals surface area contributed by atoms with E-state index >= 15 is 0 Å². The van der Waals surface area contributed by atoms with Crippen molar-refractivity contribution in [2.45, 2.75) is 33.1 Å². The van der Waals surface area contributed by atoms with E-state index in [0.29, 0.717) is 17.5 Å². The zero-order valence-electron chi connectivity index (χ0n) is 13.5. The molecule has 20 heavy (non-hydrogen) atoms. The Hall–Kier alpha value is -1.85. The first-order valence-electron chi connectivity index (χ1n) is 6.60. The molecule has 0 unspecified atom stereocenters. The van der Waals surface area contributed by atoms with E-state index in [1.807, 2.05) is 39.6 Å². The van der Waals surface area contributed by atoms with Crippen LogP contribution in [0.3, 0.4) is 0 Å². The Morgan fingerprint density at radius 1 is 1.20 bits per heavy atom. The van der Waals surface area contributed by atoms with Crippen LogP contribution in [-0.4, -0.2) is 48.5 Å². The van der Waals surface area contributed by atoms with E-state index in [-0.39, 0.29) is 17.9 Å². The van der Waals surface area contributed by atoms with E-state index < -0.39 is 0 Å². The Labute approximate surface area is 121 Å². The van der Waals surface area contributed by atoms with Gasteiger partial charge in [0.05, 0.1) is 6.54 Å². The number of amides is 1. The largest absolute Gasteiger partial charge is 0.383 e. The SMILES string of the molecule is Cc1c(N)nc(C(C)(C)C)nc1N(C)CC(=O)N(C)C. The van der Waals surface area contributed by atoms with Gasteiger partial charge in [0, 0.05) is 32.1 Å². The summed E-state index contributed by atoms with van der Waals surface area (Å²) in [6.07, 6.45) is 0. The van der Waals surface area contributed by atoms with Gasteiger partial charge in [0.15, 0.2) is 0 Å². The van der Waals surface area contributed by atoms with Crippen molar-refractivity contribution in [3.05, 3.63) is 11.4 Å². The molecule has 0 aromatic carbocycles. The third kappa shape index (κ3) is 3.59. The molecular weight excluding hydrogens is 254 g/mol. The van der Waals surface area contributed by atoms with Crippen molar-refractivity contribution in [3.8, 4) is 0 Å². The molecule has 0 aliphatic carbocycles. The van der Waals surface area contributed by atoms with Crippen LogP contribution in [-0.2, 0) is 10.2 Å². The summed E-state index contributed by atoms with van der Waals surface area (Å²) in [5.41, 5.74) is 6.58. The molecule has 1 heterocycles. The van der Waals surface area contributed by atoms with Crippen LogP contribution in [0.4, 0.5) is 11.6 Å². The Morgan fingerprint density at radius 2 is 1.75 bits per heavy atom. The predicted molar refractivity (Wildman–Crippen MR) is 81.8 cm³/mol. The molecule has 2 N–H and O–H groups in total. The van der Waals surface area contributed by atoms with Gasteiger partial charge in [-0.15, -0.1) is 0 Å². The molecule has 0 saturated carbocycles. The van der Waals surface area contributed by atoms with Crippen LogP contribution < -0.4 is 10.6 Å². The molecule has 6 nitrogen and oxygen atoms in total. The molecule has 0 saturated heterocycles. The van der Waals surface area contributed by atoms with Gasteiger partial charge in [-0.1, -0.05) is 20.8 Å². The van der Waals surface area contributed by atoms with Gasteiger partial charge in [-0.25, -0.2) is 9.97 Å². The Kier molecular flexibility index (Phi) is 4.57. The van der Waals surface area contributed by atoms with Gasteiger partial charge in [-0.3, -0.25) is 4.79 Å². The highest BCUT2D eigenvalue weighted by Gasteiger charge is 2.22. The summed E-state index contributed by atoms with van der Waals surface area (Å²) in [7, 11) is 5.30. The molecule has 0 spiro atoms. The maximum absolute atomic E-state index is 11.8. The lowest BCUT2D eigenvalue weighted by Gasteiger charge is -2.25. The molecule has 0 atom stereocenters. The van der Waals surface area contributed by atoms with Crippen LogP contribution in [0.1, 0.15) is 32.2 Å². The first kappa shape index (κ1) is 16.2. The number of carbonyl (C=O) groups excluding carboxylic acids is 1. The molecule has 1 aromatic rings. The number of hydrogen-bond acceptors (Lipinski definition) is 5. The molecule has 1 rings (SSSR count). The highest BCUT2D eigenvalue weighted by molar-refractivity contribution is 5.81. The number of carbonyl (C=O) groups is 1. The van der Waals surface area contributed by atoms with E-state index in [0.717, 1.165) is 5.56 Å². The lowest BCUT2D eigenvalue weighted by molar-refractivity contribution is -0.127. The quantitative estimate of drug-likeness (QED) is 0.899. The van der Waals surface area contributed by atoms with Crippen LogP contribution in [0.2, 0.25) is 0 Å². The molecular formula is C14H25N5O. The van der Waals surface area contributed by atoms with E-state index in [4.69, 9.17) is 5.73 Å². The Bertz CT molecular complexity index is 505. The van der Waals surface area contributed by atoms with Crippen LogP contribution in [0, 0.1) is 6.92 Å². The molecule has 1 amide bonds. The van der Waals surface area contributed by atoms with Gasteiger partial charge >= 0.3 is 0 Å². The molecule has 0 aliphatic heterocycles. The standard InChI is InChI=1S/C14H25N5O/c1-9-11(15)16-13(14(2,3)4)17-12(9)19(7)8-10(20)18(5)6/h8H2,1-7H3,(H2,15,16,17). The summed E-state index contributed by atoms with van der Waals surface area (Å²) in [6.45, 7) is 8.23. The summed E-state index contributed by atoms with van der Waals surface area (Å²) >= 11 is 0. The first-order valence-corrected chi connectivity index (χ1v) is 6.60. The minimum absolute atomic E-state index is 0.0152. The number of hydrogen-bond donors (Lipinski definition) is 1. The van der Waals surface area contributed by atoms with Crippen molar-refractivity contribution in [2.24, 2.45) is 0 Å². The maximum Gasteiger partial charge on any atom is 0.241 e. The van der Waals surface area contributed by atoms with E-state index in [1.165, 1.54) is 0 Å². The minimum atomic E-state index is -0.192. The molecule has 0 radical (unpaired) electrons. The van der Waals surface area contributed by atoms with Gasteiger partial charge < -0.3 is 15.5 Å². The normalized spacial score (nSPS) is 11.3. The average Bonchev–Trinajstić information content (AvgIpc) is 2.30.